The lowest BCUT2D eigenvalue weighted by atomic mass is 10.2. The first-order valence-electron chi connectivity index (χ1n) is 7.50. The van der Waals surface area contributed by atoms with Crippen LogP contribution >= 0.6 is 0 Å². The molecule has 0 atom stereocenters. The molecule has 122 valence electrons. The normalized spacial score (nSPS) is 15.6. The predicted molar refractivity (Wildman–Crippen MR) is 83.8 cm³/mol. The molecule has 1 N–H and O–H groups in total. The third kappa shape index (κ3) is 5.31. The van der Waals surface area contributed by atoms with Gasteiger partial charge in [-0.1, -0.05) is 30.3 Å². The Morgan fingerprint density at radius 2 is 1.86 bits per heavy atom. The molecule has 0 spiro atoms. The second kappa shape index (κ2) is 8.14. The molecule has 7 heteroatoms. The van der Waals surface area contributed by atoms with Crippen molar-refractivity contribution in [3.63, 3.8) is 0 Å². The Labute approximate surface area is 131 Å². The van der Waals surface area contributed by atoms with E-state index < -0.39 is 16.1 Å². The van der Waals surface area contributed by atoms with E-state index in [4.69, 9.17) is 4.74 Å². The number of nitrogens with zero attached hydrogens (tertiary/aromatic N) is 1. The SMILES string of the molecule is O=C(NCCCS(=O)(=O)N1CCCC1)OCc1ccccc1. The minimum Gasteiger partial charge on any atom is -0.445 e. The minimum atomic E-state index is -3.17. The molecular weight excluding hydrogens is 304 g/mol. The van der Waals surface area contributed by atoms with Gasteiger partial charge < -0.3 is 10.1 Å². The van der Waals surface area contributed by atoms with Crippen LogP contribution in [-0.4, -0.2) is 44.2 Å². The largest absolute Gasteiger partial charge is 0.445 e. The lowest BCUT2D eigenvalue weighted by molar-refractivity contribution is 0.139. The van der Waals surface area contributed by atoms with E-state index in [0.717, 1.165) is 18.4 Å². The summed E-state index contributed by atoms with van der Waals surface area (Å²) in [4.78, 5) is 11.5. The molecular formula is C15H22N2O4S. The van der Waals surface area contributed by atoms with E-state index in [9.17, 15) is 13.2 Å². The fourth-order valence-electron chi connectivity index (χ4n) is 2.31. The lowest BCUT2D eigenvalue weighted by Gasteiger charge is -2.15. The lowest BCUT2D eigenvalue weighted by Crippen LogP contribution is -2.32. The second-order valence-electron chi connectivity index (χ2n) is 5.26. The predicted octanol–water partition coefficient (Wildman–Crippen LogP) is 1.73. The molecule has 0 saturated carbocycles. The Bertz CT molecular complexity index is 568. The molecule has 6 nitrogen and oxygen atoms in total. The van der Waals surface area contributed by atoms with Gasteiger partial charge in [0.25, 0.3) is 0 Å². The summed E-state index contributed by atoms with van der Waals surface area (Å²) in [5.41, 5.74) is 0.911. The number of carbonyl (C=O) groups is 1. The molecule has 1 aliphatic heterocycles. The van der Waals surface area contributed by atoms with Gasteiger partial charge in [0.15, 0.2) is 0 Å². The number of hydrogen-bond acceptors (Lipinski definition) is 4. The summed E-state index contributed by atoms with van der Waals surface area (Å²) in [6.45, 7) is 1.74. The molecule has 2 rings (SSSR count). The molecule has 1 aromatic rings. The van der Waals surface area contributed by atoms with E-state index in [2.05, 4.69) is 5.32 Å². The highest BCUT2D eigenvalue weighted by atomic mass is 32.2. The van der Waals surface area contributed by atoms with Crippen molar-refractivity contribution in [3.8, 4) is 0 Å². The number of amides is 1. The van der Waals surface area contributed by atoms with Crippen molar-refractivity contribution >= 4 is 16.1 Å². The Morgan fingerprint density at radius 3 is 2.55 bits per heavy atom. The summed E-state index contributed by atoms with van der Waals surface area (Å²) in [6.07, 6.45) is 1.73. The van der Waals surface area contributed by atoms with Gasteiger partial charge in [0.1, 0.15) is 6.61 Å². The first kappa shape index (κ1) is 16.8. The number of sulfonamides is 1. The van der Waals surface area contributed by atoms with Gasteiger partial charge in [-0.15, -0.1) is 0 Å². The van der Waals surface area contributed by atoms with Gasteiger partial charge in [-0.3, -0.25) is 0 Å². The molecule has 0 aliphatic carbocycles. The molecule has 1 heterocycles. The number of hydrogen-bond donors (Lipinski definition) is 1. The van der Waals surface area contributed by atoms with Crippen LogP contribution in [0.3, 0.4) is 0 Å². The van der Waals surface area contributed by atoms with E-state index in [0.29, 0.717) is 26.1 Å². The maximum absolute atomic E-state index is 12.0. The zero-order chi connectivity index (χ0) is 15.8. The number of ether oxygens (including phenoxy) is 1. The highest BCUT2D eigenvalue weighted by molar-refractivity contribution is 7.89. The smallest absolute Gasteiger partial charge is 0.407 e. The molecule has 1 fully saturated rings. The van der Waals surface area contributed by atoms with E-state index in [1.807, 2.05) is 30.3 Å². The summed E-state index contributed by atoms with van der Waals surface area (Å²) in [5.74, 6) is 0.0615. The monoisotopic (exact) mass is 326 g/mol. The topological polar surface area (TPSA) is 75.7 Å². The first-order valence-corrected chi connectivity index (χ1v) is 9.11. The van der Waals surface area contributed by atoms with Crippen molar-refractivity contribution in [2.24, 2.45) is 0 Å². The van der Waals surface area contributed by atoms with Crippen LogP contribution in [0.25, 0.3) is 0 Å². The Hall–Kier alpha value is -1.60. The molecule has 0 aromatic heterocycles. The van der Waals surface area contributed by atoms with Crippen molar-refractivity contribution in [2.75, 3.05) is 25.4 Å². The molecule has 1 saturated heterocycles. The quantitative estimate of drug-likeness (QED) is 0.774. The van der Waals surface area contributed by atoms with Gasteiger partial charge >= 0.3 is 6.09 Å². The fourth-order valence-corrected chi connectivity index (χ4v) is 3.90. The number of benzene rings is 1. The van der Waals surface area contributed by atoms with Crippen LogP contribution in [0.1, 0.15) is 24.8 Å². The highest BCUT2D eigenvalue weighted by Gasteiger charge is 2.24. The summed E-state index contributed by atoms with van der Waals surface area (Å²) in [5, 5.41) is 2.57. The average molecular weight is 326 g/mol. The molecule has 0 unspecified atom stereocenters. The van der Waals surface area contributed by atoms with Crippen LogP contribution < -0.4 is 5.32 Å². The standard InChI is InChI=1S/C15H22N2O4S/c18-15(21-13-14-7-2-1-3-8-14)16-9-6-12-22(19,20)17-10-4-5-11-17/h1-3,7-8H,4-6,9-13H2,(H,16,18). The number of nitrogens with one attached hydrogen (secondary N) is 1. The fraction of sp³-hybridized carbons (Fsp3) is 0.533. The van der Waals surface area contributed by atoms with Gasteiger partial charge in [0.05, 0.1) is 5.75 Å². The van der Waals surface area contributed by atoms with Crippen molar-refractivity contribution in [1.29, 1.82) is 0 Å². The van der Waals surface area contributed by atoms with Crippen LogP contribution in [0.5, 0.6) is 0 Å². The van der Waals surface area contributed by atoms with Crippen LogP contribution in [0, 0.1) is 0 Å². The van der Waals surface area contributed by atoms with Crippen molar-refractivity contribution in [3.05, 3.63) is 35.9 Å². The maximum Gasteiger partial charge on any atom is 0.407 e. The van der Waals surface area contributed by atoms with Crippen LogP contribution in [-0.2, 0) is 21.4 Å². The van der Waals surface area contributed by atoms with Crippen LogP contribution in [0.15, 0.2) is 30.3 Å². The number of alkyl carbamates (subject to hydrolysis) is 1. The van der Waals surface area contributed by atoms with E-state index in [1.54, 1.807) is 0 Å². The molecule has 22 heavy (non-hydrogen) atoms. The number of rotatable bonds is 7. The van der Waals surface area contributed by atoms with Gasteiger partial charge in [0.2, 0.25) is 10.0 Å². The van der Waals surface area contributed by atoms with Crippen molar-refractivity contribution in [1.82, 2.24) is 9.62 Å². The minimum absolute atomic E-state index is 0.0615. The molecule has 1 aromatic carbocycles. The summed E-state index contributed by atoms with van der Waals surface area (Å²) in [6, 6.07) is 9.38. The molecule has 0 radical (unpaired) electrons. The van der Waals surface area contributed by atoms with Crippen molar-refractivity contribution < 1.29 is 17.9 Å². The molecule has 1 aliphatic rings. The first-order chi connectivity index (χ1) is 10.6. The zero-order valence-electron chi connectivity index (χ0n) is 12.5. The van der Waals surface area contributed by atoms with E-state index in [-0.39, 0.29) is 12.4 Å². The van der Waals surface area contributed by atoms with Gasteiger partial charge in [0, 0.05) is 19.6 Å². The van der Waals surface area contributed by atoms with E-state index in [1.165, 1.54) is 4.31 Å². The second-order valence-corrected chi connectivity index (χ2v) is 7.35. The van der Waals surface area contributed by atoms with E-state index >= 15 is 0 Å². The third-order valence-corrected chi connectivity index (χ3v) is 5.48. The Morgan fingerprint density at radius 1 is 1.18 bits per heavy atom. The summed E-state index contributed by atoms with van der Waals surface area (Å²) < 4.78 is 30.5. The van der Waals surface area contributed by atoms with Gasteiger partial charge in [-0.25, -0.2) is 17.5 Å². The van der Waals surface area contributed by atoms with Gasteiger partial charge in [-0.2, -0.15) is 0 Å². The van der Waals surface area contributed by atoms with Crippen LogP contribution in [0.4, 0.5) is 4.79 Å². The third-order valence-electron chi connectivity index (χ3n) is 3.52. The van der Waals surface area contributed by atoms with Crippen molar-refractivity contribution in [2.45, 2.75) is 25.9 Å². The van der Waals surface area contributed by atoms with Gasteiger partial charge in [-0.05, 0) is 24.8 Å². The molecule has 1 amide bonds. The Kier molecular flexibility index (Phi) is 6.21. The summed E-state index contributed by atoms with van der Waals surface area (Å²) >= 11 is 0. The molecule has 0 bridgehead atoms. The highest BCUT2D eigenvalue weighted by Crippen LogP contribution is 2.13. The zero-order valence-corrected chi connectivity index (χ0v) is 13.3. The number of carbonyl (C=O) groups excluding carboxylic acids is 1. The summed E-state index contributed by atoms with van der Waals surface area (Å²) in [7, 11) is -3.17. The Balaban J connectivity index is 1.61. The van der Waals surface area contributed by atoms with Crippen LogP contribution in [0.2, 0.25) is 0 Å². The average Bonchev–Trinajstić information content (AvgIpc) is 3.06. The maximum atomic E-state index is 12.0.